The Kier molecular flexibility index (Phi) is 3.58. The SMILES string of the molecule is NC(=O)c1cccc(Nc2c(N)cnc3ccc4c(c23)CCS4(=O)=O)c1. The molecule has 4 rings (SSSR count). The van der Waals surface area contributed by atoms with E-state index in [2.05, 4.69) is 10.3 Å². The van der Waals surface area contributed by atoms with E-state index >= 15 is 0 Å². The highest BCUT2D eigenvalue weighted by Crippen LogP contribution is 2.39. The van der Waals surface area contributed by atoms with E-state index in [1.54, 1.807) is 36.4 Å². The number of hydrogen-bond donors (Lipinski definition) is 3. The van der Waals surface area contributed by atoms with Crippen molar-refractivity contribution in [3.05, 3.63) is 53.7 Å². The summed E-state index contributed by atoms with van der Waals surface area (Å²) in [4.78, 5) is 16.0. The molecule has 8 heteroatoms. The van der Waals surface area contributed by atoms with Crippen LogP contribution >= 0.6 is 0 Å². The van der Waals surface area contributed by atoms with Crippen LogP contribution in [-0.2, 0) is 16.3 Å². The molecule has 5 N–H and O–H groups in total. The highest BCUT2D eigenvalue weighted by Gasteiger charge is 2.29. The van der Waals surface area contributed by atoms with Crippen molar-refractivity contribution in [3.8, 4) is 0 Å². The molecular weight excluding hydrogens is 352 g/mol. The van der Waals surface area contributed by atoms with Crippen LogP contribution in [0.25, 0.3) is 10.9 Å². The number of anilines is 3. The summed E-state index contributed by atoms with van der Waals surface area (Å²) in [7, 11) is -3.28. The van der Waals surface area contributed by atoms with Gasteiger partial charge in [0.05, 0.1) is 33.7 Å². The zero-order valence-electron chi connectivity index (χ0n) is 13.7. The van der Waals surface area contributed by atoms with E-state index < -0.39 is 15.7 Å². The number of nitrogens with zero attached hydrogens (tertiary/aromatic N) is 1. The Hall–Kier alpha value is -3.13. The minimum Gasteiger partial charge on any atom is -0.396 e. The molecule has 1 aliphatic rings. The maximum atomic E-state index is 12.2. The zero-order chi connectivity index (χ0) is 18.5. The maximum Gasteiger partial charge on any atom is 0.248 e. The minimum atomic E-state index is -3.28. The number of aryl methyl sites for hydroxylation is 1. The van der Waals surface area contributed by atoms with Gasteiger partial charge in [-0.2, -0.15) is 0 Å². The number of sulfone groups is 1. The third-order valence-corrected chi connectivity index (χ3v) is 6.30. The second-order valence-corrected chi connectivity index (χ2v) is 8.24. The zero-order valence-corrected chi connectivity index (χ0v) is 14.5. The number of nitrogen functional groups attached to an aromatic ring is 1. The Bertz CT molecular complexity index is 1170. The van der Waals surface area contributed by atoms with E-state index in [-0.39, 0.29) is 5.75 Å². The predicted molar refractivity (Wildman–Crippen MR) is 100 cm³/mol. The number of rotatable bonds is 3. The molecule has 0 unspecified atom stereocenters. The average molecular weight is 368 g/mol. The van der Waals surface area contributed by atoms with Crippen LogP contribution in [0.2, 0.25) is 0 Å². The normalized spacial score (nSPS) is 14.9. The maximum absolute atomic E-state index is 12.2. The van der Waals surface area contributed by atoms with Gasteiger partial charge in [-0.25, -0.2) is 8.42 Å². The van der Waals surface area contributed by atoms with Crippen LogP contribution in [-0.4, -0.2) is 25.1 Å². The van der Waals surface area contributed by atoms with Gasteiger partial charge in [-0.1, -0.05) is 6.07 Å². The molecule has 0 atom stereocenters. The Morgan fingerprint density at radius 1 is 1.19 bits per heavy atom. The van der Waals surface area contributed by atoms with Gasteiger partial charge in [-0.15, -0.1) is 0 Å². The lowest BCUT2D eigenvalue weighted by atomic mass is 10.0. The Balaban J connectivity index is 1.93. The summed E-state index contributed by atoms with van der Waals surface area (Å²) in [5.41, 5.74) is 14.8. The van der Waals surface area contributed by atoms with Gasteiger partial charge < -0.3 is 16.8 Å². The number of nitrogens with one attached hydrogen (secondary N) is 1. The van der Waals surface area contributed by atoms with E-state index in [0.29, 0.717) is 44.8 Å². The van der Waals surface area contributed by atoms with Crippen molar-refractivity contribution in [2.45, 2.75) is 11.3 Å². The second kappa shape index (κ2) is 5.70. The number of amides is 1. The number of hydrogen-bond acceptors (Lipinski definition) is 6. The van der Waals surface area contributed by atoms with E-state index in [9.17, 15) is 13.2 Å². The van der Waals surface area contributed by atoms with Crippen LogP contribution in [0.4, 0.5) is 17.1 Å². The first kappa shape index (κ1) is 16.3. The average Bonchev–Trinajstić information content (AvgIpc) is 2.92. The van der Waals surface area contributed by atoms with E-state index in [0.717, 1.165) is 5.56 Å². The van der Waals surface area contributed by atoms with Gasteiger partial charge in [-0.3, -0.25) is 9.78 Å². The molecule has 1 aromatic heterocycles. The third kappa shape index (κ3) is 2.55. The van der Waals surface area contributed by atoms with Gasteiger partial charge in [0.15, 0.2) is 9.84 Å². The molecule has 26 heavy (non-hydrogen) atoms. The fourth-order valence-electron chi connectivity index (χ4n) is 3.27. The molecule has 0 fully saturated rings. The molecule has 7 nitrogen and oxygen atoms in total. The van der Waals surface area contributed by atoms with Crippen molar-refractivity contribution >= 4 is 43.7 Å². The van der Waals surface area contributed by atoms with Gasteiger partial charge in [0, 0.05) is 16.6 Å². The van der Waals surface area contributed by atoms with Crippen molar-refractivity contribution in [1.29, 1.82) is 0 Å². The summed E-state index contributed by atoms with van der Waals surface area (Å²) in [6.07, 6.45) is 1.94. The summed E-state index contributed by atoms with van der Waals surface area (Å²) in [5.74, 6) is -0.458. The minimum absolute atomic E-state index is 0.0762. The van der Waals surface area contributed by atoms with Gasteiger partial charge in [0.25, 0.3) is 0 Å². The summed E-state index contributed by atoms with van der Waals surface area (Å²) in [6, 6.07) is 10.00. The van der Waals surface area contributed by atoms with Crippen molar-refractivity contribution in [2.24, 2.45) is 5.73 Å². The molecule has 0 radical (unpaired) electrons. The molecule has 0 saturated carbocycles. The lowest BCUT2D eigenvalue weighted by Gasteiger charge is -2.15. The molecule has 0 bridgehead atoms. The summed E-state index contributed by atoms with van der Waals surface area (Å²) < 4.78 is 24.5. The van der Waals surface area contributed by atoms with Crippen LogP contribution in [0.5, 0.6) is 0 Å². The van der Waals surface area contributed by atoms with Crippen molar-refractivity contribution < 1.29 is 13.2 Å². The number of primary amides is 1. The molecule has 0 aliphatic carbocycles. The second-order valence-electron chi connectivity index (χ2n) is 6.16. The van der Waals surface area contributed by atoms with E-state index in [1.807, 2.05) is 0 Å². The Labute approximate surface area is 149 Å². The summed E-state index contributed by atoms with van der Waals surface area (Å²) in [6.45, 7) is 0. The van der Waals surface area contributed by atoms with Crippen molar-refractivity contribution in [1.82, 2.24) is 4.98 Å². The Morgan fingerprint density at radius 2 is 2.00 bits per heavy atom. The molecule has 2 aromatic carbocycles. The fourth-order valence-corrected chi connectivity index (χ4v) is 4.81. The number of pyridine rings is 1. The number of aromatic nitrogens is 1. The first-order valence-electron chi connectivity index (χ1n) is 7.96. The van der Waals surface area contributed by atoms with Crippen LogP contribution < -0.4 is 16.8 Å². The third-order valence-electron chi connectivity index (χ3n) is 4.50. The van der Waals surface area contributed by atoms with Crippen molar-refractivity contribution in [3.63, 3.8) is 0 Å². The summed E-state index contributed by atoms with van der Waals surface area (Å²) in [5, 5.41) is 3.89. The van der Waals surface area contributed by atoms with E-state index in [1.165, 1.54) is 6.20 Å². The quantitative estimate of drug-likeness (QED) is 0.648. The molecule has 1 aliphatic heterocycles. The predicted octanol–water partition coefficient (Wildman–Crippen LogP) is 1.99. The number of benzene rings is 2. The number of nitrogens with two attached hydrogens (primary N) is 2. The summed E-state index contributed by atoms with van der Waals surface area (Å²) >= 11 is 0. The highest BCUT2D eigenvalue weighted by molar-refractivity contribution is 7.91. The molecule has 132 valence electrons. The van der Waals surface area contributed by atoms with Gasteiger partial charge in [0.1, 0.15) is 0 Å². The first-order chi connectivity index (χ1) is 12.4. The number of carbonyl (C=O) groups is 1. The Morgan fingerprint density at radius 3 is 2.77 bits per heavy atom. The van der Waals surface area contributed by atoms with Crippen LogP contribution in [0.15, 0.2) is 47.5 Å². The van der Waals surface area contributed by atoms with Gasteiger partial charge in [-0.05, 0) is 42.3 Å². The fraction of sp³-hybridized carbons (Fsp3) is 0.111. The molecule has 2 heterocycles. The number of fused-ring (bicyclic) bond motifs is 3. The molecule has 0 spiro atoms. The smallest absolute Gasteiger partial charge is 0.248 e. The van der Waals surface area contributed by atoms with E-state index in [4.69, 9.17) is 11.5 Å². The lowest BCUT2D eigenvalue weighted by molar-refractivity contribution is 0.100. The molecule has 0 saturated heterocycles. The standard InChI is InChI=1S/C18H16N4O3S/c19-13-9-21-14-4-5-15-12(6-7-26(15,24)25)16(14)17(13)22-11-3-1-2-10(8-11)18(20)23/h1-5,8-9H,6-7,19H2,(H2,20,23)(H,21,22). The van der Waals surface area contributed by atoms with Crippen LogP contribution in [0.3, 0.4) is 0 Å². The molecule has 3 aromatic rings. The van der Waals surface area contributed by atoms with Gasteiger partial charge >= 0.3 is 0 Å². The highest BCUT2D eigenvalue weighted by atomic mass is 32.2. The molecular formula is C18H16N4O3S. The topological polar surface area (TPSA) is 128 Å². The van der Waals surface area contributed by atoms with Crippen LogP contribution in [0, 0.1) is 0 Å². The van der Waals surface area contributed by atoms with Crippen LogP contribution in [0.1, 0.15) is 15.9 Å². The largest absolute Gasteiger partial charge is 0.396 e. The monoisotopic (exact) mass is 368 g/mol. The number of carbonyl (C=O) groups excluding carboxylic acids is 1. The van der Waals surface area contributed by atoms with Crippen molar-refractivity contribution in [2.75, 3.05) is 16.8 Å². The first-order valence-corrected chi connectivity index (χ1v) is 9.62. The lowest BCUT2D eigenvalue weighted by Crippen LogP contribution is -2.11. The molecule has 1 amide bonds. The van der Waals surface area contributed by atoms with Gasteiger partial charge in [0.2, 0.25) is 5.91 Å².